The Morgan fingerprint density at radius 3 is 2.05 bits per heavy atom. The van der Waals surface area contributed by atoms with Crippen molar-refractivity contribution in [1.29, 1.82) is 0 Å². The molecule has 1 fully saturated rings. The molecule has 0 bridgehead atoms. The first kappa shape index (κ1) is 33.7. The Balaban J connectivity index is 0.00000201. The quantitative estimate of drug-likeness (QED) is 0.413. The minimum Gasteiger partial charge on any atom is -0.478 e. The fourth-order valence-corrected chi connectivity index (χ4v) is 4.43. The Kier molecular flexibility index (Phi) is 18.0. The predicted octanol–water partition coefficient (Wildman–Crippen LogP) is 6.45. The lowest BCUT2D eigenvalue weighted by Gasteiger charge is -2.35. The molecule has 0 saturated carbocycles. The molecule has 0 radical (unpaired) electrons. The highest BCUT2D eigenvalue weighted by Crippen LogP contribution is 2.33. The highest BCUT2D eigenvalue weighted by atomic mass is 16.4. The molecule has 2 unspecified atom stereocenters. The van der Waals surface area contributed by atoms with E-state index in [0.29, 0.717) is 17.8 Å². The van der Waals surface area contributed by atoms with Crippen molar-refractivity contribution in [2.75, 3.05) is 18.0 Å². The summed E-state index contributed by atoms with van der Waals surface area (Å²) in [6.07, 6.45) is 12.2. The van der Waals surface area contributed by atoms with Crippen LogP contribution in [-0.4, -0.2) is 47.7 Å². The van der Waals surface area contributed by atoms with Crippen LogP contribution >= 0.6 is 0 Å². The highest BCUT2D eigenvalue weighted by Gasteiger charge is 2.26. The molecule has 1 N–H and O–H groups in total. The number of aromatic nitrogens is 2. The molecule has 7 heteroatoms. The van der Waals surface area contributed by atoms with E-state index in [0.717, 1.165) is 37.8 Å². The monoisotopic (exact) mass is 511 g/mol. The van der Waals surface area contributed by atoms with Gasteiger partial charge in [-0.2, -0.15) is 0 Å². The lowest BCUT2D eigenvalue weighted by molar-refractivity contribution is -0.0987. The van der Waals surface area contributed by atoms with Crippen molar-refractivity contribution < 1.29 is 19.5 Å². The van der Waals surface area contributed by atoms with Crippen LogP contribution in [0.4, 0.5) is 5.95 Å². The largest absolute Gasteiger partial charge is 0.478 e. The smallest absolute Gasteiger partial charge is 0.338 e. The molecular formula is C30H45N3O4. The summed E-state index contributed by atoms with van der Waals surface area (Å²) in [7, 11) is 0. The third-order valence-electron chi connectivity index (χ3n) is 6.45. The fourth-order valence-electron chi connectivity index (χ4n) is 4.43. The van der Waals surface area contributed by atoms with Gasteiger partial charge in [0.25, 0.3) is 0 Å². The van der Waals surface area contributed by atoms with Gasteiger partial charge in [0.05, 0.1) is 5.56 Å². The molecule has 1 aromatic carbocycles. The van der Waals surface area contributed by atoms with E-state index in [1.54, 1.807) is 0 Å². The van der Waals surface area contributed by atoms with E-state index in [1.165, 1.54) is 30.8 Å². The number of carboxylic acids is 1. The molecule has 7 nitrogen and oxygen atoms in total. The molecule has 2 atom stereocenters. The zero-order valence-electron chi connectivity index (χ0n) is 23.2. The number of piperidine rings is 1. The highest BCUT2D eigenvalue weighted by molar-refractivity contribution is 5.86. The van der Waals surface area contributed by atoms with Crippen LogP contribution in [-0.2, 0) is 9.59 Å². The van der Waals surface area contributed by atoms with Crippen LogP contribution in [0.25, 0.3) is 6.08 Å². The number of carbonyl (C=O) groups excluding carboxylic acids is 2. The van der Waals surface area contributed by atoms with E-state index in [9.17, 15) is 4.79 Å². The summed E-state index contributed by atoms with van der Waals surface area (Å²) >= 11 is 0. The van der Waals surface area contributed by atoms with Gasteiger partial charge in [-0.25, -0.2) is 14.8 Å². The molecule has 0 aliphatic carbocycles. The van der Waals surface area contributed by atoms with Crippen LogP contribution in [0.5, 0.6) is 0 Å². The molecule has 2 aromatic rings. The van der Waals surface area contributed by atoms with Crippen molar-refractivity contribution in [3.63, 3.8) is 0 Å². The Hall–Kier alpha value is -3.35. The third kappa shape index (κ3) is 12.4. The van der Waals surface area contributed by atoms with Crippen LogP contribution in [0.15, 0.2) is 48.8 Å². The molecule has 1 aliphatic rings. The molecule has 204 valence electrons. The second-order valence-corrected chi connectivity index (χ2v) is 9.23. The van der Waals surface area contributed by atoms with Gasteiger partial charge in [-0.3, -0.25) is 0 Å². The molecule has 0 amide bonds. The van der Waals surface area contributed by atoms with E-state index in [2.05, 4.69) is 78.1 Å². The first-order valence-electron chi connectivity index (χ1n) is 13.0. The van der Waals surface area contributed by atoms with Gasteiger partial charge in [0.2, 0.25) is 5.95 Å². The fraction of sp³-hybridized carbons (Fsp3) is 0.500. The predicted molar refractivity (Wildman–Crippen MR) is 152 cm³/mol. The van der Waals surface area contributed by atoms with Gasteiger partial charge in [-0.05, 0) is 54.9 Å². The summed E-state index contributed by atoms with van der Waals surface area (Å²) in [6.45, 7) is 16.9. The molecule has 0 spiro atoms. The maximum atomic E-state index is 11.0. The van der Waals surface area contributed by atoms with Gasteiger partial charge in [0, 0.05) is 25.5 Å². The van der Waals surface area contributed by atoms with Crippen LogP contribution < -0.4 is 4.90 Å². The van der Waals surface area contributed by atoms with Crippen molar-refractivity contribution in [3.8, 4) is 0 Å². The molecule has 1 aliphatic heterocycles. The summed E-state index contributed by atoms with van der Waals surface area (Å²) in [5.41, 5.74) is 1.40. The summed E-state index contributed by atoms with van der Waals surface area (Å²) in [5.74, 6) is 2.35. The average molecular weight is 512 g/mol. The number of carboxylic acid groups (broad SMARTS) is 1. The zero-order chi connectivity index (χ0) is 28.2. The maximum absolute atomic E-state index is 11.0. The first-order chi connectivity index (χ1) is 17.9. The normalized spacial score (nSPS) is 14.8. The Morgan fingerprint density at radius 2 is 1.57 bits per heavy atom. The van der Waals surface area contributed by atoms with Gasteiger partial charge >= 0.3 is 5.97 Å². The number of nitrogens with zero attached hydrogens (tertiary/aromatic N) is 3. The third-order valence-corrected chi connectivity index (χ3v) is 6.45. The number of rotatable bonds is 9. The summed E-state index contributed by atoms with van der Waals surface area (Å²) in [4.78, 5) is 37.7. The van der Waals surface area contributed by atoms with Gasteiger partial charge in [-0.1, -0.05) is 77.1 Å². The lowest BCUT2D eigenvalue weighted by atomic mass is 9.78. The molecular weight excluding hydrogens is 466 g/mol. The van der Waals surface area contributed by atoms with E-state index >= 15 is 0 Å². The molecule has 37 heavy (non-hydrogen) atoms. The van der Waals surface area contributed by atoms with Crippen molar-refractivity contribution in [3.05, 3.63) is 59.9 Å². The number of benzene rings is 1. The SMILES string of the molecule is C=O.C=O.CC.CC(/C=C/c1ccccc1)CC(CC1CCN(c2ncc(C(=O)O)cn2)CC1)C(C)C. The van der Waals surface area contributed by atoms with E-state index < -0.39 is 5.97 Å². The zero-order valence-corrected chi connectivity index (χ0v) is 23.2. The van der Waals surface area contributed by atoms with E-state index in [4.69, 9.17) is 14.7 Å². The first-order valence-corrected chi connectivity index (χ1v) is 13.0. The number of aromatic carboxylic acids is 1. The van der Waals surface area contributed by atoms with Crippen molar-refractivity contribution in [1.82, 2.24) is 9.97 Å². The van der Waals surface area contributed by atoms with Crippen molar-refractivity contribution in [2.24, 2.45) is 23.7 Å². The van der Waals surface area contributed by atoms with Gasteiger partial charge in [0.1, 0.15) is 13.6 Å². The Bertz CT molecular complexity index is 877. The van der Waals surface area contributed by atoms with Crippen molar-refractivity contribution >= 4 is 31.6 Å². The summed E-state index contributed by atoms with van der Waals surface area (Å²) < 4.78 is 0. The maximum Gasteiger partial charge on any atom is 0.338 e. The van der Waals surface area contributed by atoms with Crippen LogP contribution in [0.3, 0.4) is 0 Å². The summed E-state index contributed by atoms with van der Waals surface area (Å²) in [5, 5.41) is 9.01. The standard InChI is InChI=1S/C26H35N3O2.C2H6.2CH2O/c1-19(2)23(15-20(3)9-10-21-7-5-4-6-8-21)16-22-11-13-29(14-12-22)26-27-17-24(18-28-26)25(30)31;3*1-2/h4-10,17-20,22-23H,11-16H2,1-3H3,(H,30,31);1-2H3;2*1H2/b10-9+;;;. The van der Waals surface area contributed by atoms with Gasteiger partial charge in [-0.15, -0.1) is 0 Å². The van der Waals surface area contributed by atoms with E-state index in [-0.39, 0.29) is 5.56 Å². The average Bonchev–Trinajstić information content (AvgIpc) is 2.96. The number of anilines is 1. The minimum absolute atomic E-state index is 0.133. The number of carbonyl (C=O) groups is 3. The number of allylic oxidation sites excluding steroid dienone is 1. The molecule has 1 aromatic heterocycles. The lowest BCUT2D eigenvalue weighted by Crippen LogP contribution is -2.35. The molecule has 2 heterocycles. The number of hydrogen-bond donors (Lipinski definition) is 1. The van der Waals surface area contributed by atoms with Crippen LogP contribution in [0.2, 0.25) is 0 Å². The molecule has 1 saturated heterocycles. The van der Waals surface area contributed by atoms with E-state index in [1.807, 2.05) is 27.4 Å². The molecule has 3 rings (SSSR count). The van der Waals surface area contributed by atoms with Crippen LogP contribution in [0, 0.1) is 23.7 Å². The second-order valence-electron chi connectivity index (χ2n) is 9.23. The van der Waals surface area contributed by atoms with Crippen molar-refractivity contribution in [2.45, 2.75) is 60.3 Å². The van der Waals surface area contributed by atoms with Gasteiger partial charge < -0.3 is 19.6 Å². The number of hydrogen-bond acceptors (Lipinski definition) is 6. The second kappa shape index (κ2) is 19.8. The van der Waals surface area contributed by atoms with Crippen LogP contribution in [0.1, 0.15) is 76.2 Å². The van der Waals surface area contributed by atoms with Gasteiger partial charge in [0.15, 0.2) is 0 Å². The Morgan fingerprint density at radius 1 is 1.03 bits per heavy atom. The topological polar surface area (TPSA) is 100 Å². The Labute approximate surface area is 223 Å². The minimum atomic E-state index is -0.988. The summed E-state index contributed by atoms with van der Waals surface area (Å²) in [6, 6.07) is 10.5.